The van der Waals surface area contributed by atoms with Crippen molar-refractivity contribution in [3.63, 3.8) is 0 Å². The van der Waals surface area contributed by atoms with Crippen LogP contribution in [0, 0.1) is 0 Å². The molecule has 0 radical (unpaired) electrons. The molecule has 2 amide bonds. The van der Waals surface area contributed by atoms with Gasteiger partial charge in [-0.1, -0.05) is 24.3 Å². The number of thioether (sulfide) groups is 1. The van der Waals surface area contributed by atoms with Crippen molar-refractivity contribution in [2.75, 3.05) is 13.1 Å². The number of carbonyl (C=O) groups excluding carboxylic acids is 2. The van der Waals surface area contributed by atoms with E-state index in [9.17, 15) is 9.59 Å². The lowest BCUT2D eigenvalue weighted by Gasteiger charge is -2.09. The monoisotopic (exact) mass is 288 g/mol. The number of hydrogen-bond donors (Lipinski definition) is 1. The quantitative estimate of drug-likeness (QED) is 0.865. The van der Waals surface area contributed by atoms with Crippen LogP contribution in [0.2, 0.25) is 0 Å². The number of imide groups is 1. The second-order valence-corrected chi connectivity index (χ2v) is 6.06. The van der Waals surface area contributed by atoms with E-state index < -0.39 is 0 Å². The molecule has 0 spiro atoms. The average Bonchev–Trinajstić information content (AvgIpc) is 3.24. The van der Waals surface area contributed by atoms with Crippen molar-refractivity contribution in [2.24, 2.45) is 5.73 Å². The molecule has 1 heterocycles. The lowest BCUT2D eigenvalue weighted by molar-refractivity contribution is -0.122. The molecule has 1 saturated heterocycles. The zero-order chi connectivity index (χ0) is 14.1. The van der Waals surface area contributed by atoms with Gasteiger partial charge in [-0.2, -0.15) is 0 Å². The van der Waals surface area contributed by atoms with E-state index in [1.54, 1.807) is 6.08 Å². The summed E-state index contributed by atoms with van der Waals surface area (Å²) in [5.41, 5.74) is 7.71. The van der Waals surface area contributed by atoms with Crippen LogP contribution in [0.15, 0.2) is 29.2 Å². The summed E-state index contributed by atoms with van der Waals surface area (Å²) >= 11 is 0.989. The Hall–Kier alpha value is -1.59. The first-order valence-corrected chi connectivity index (χ1v) is 7.56. The van der Waals surface area contributed by atoms with Gasteiger partial charge in [0.15, 0.2) is 0 Å². The largest absolute Gasteiger partial charge is 0.329 e. The molecular weight excluding hydrogens is 272 g/mol. The summed E-state index contributed by atoms with van der Waals surface area (Å²) in [4.78, 5) is 25.5. The van der Waals surface area contributed by atoms with E-state index in [0.717, 1.165) is 17.3 Å². The summed E-state index contributed by atoms with van der Waals surface area (Å²) in [6, 6.07) is 8.19. The molecule has 0 aromatic heterocycles. The number of amides is 2. The molecule has 2 fully saturated rings. The highest BCUT2D eigenvalue weighted by atomic mass is 32.2. The van der Waals surface area contributed by atoms with Crippen molar-refractivity contribution in [3.05, 3.63) is 40.3 Å². The van der Waals surface area contributed by atoms with Gasteiger partial charge in [0.2, 0.25) is 0 Å². The number of nitrogens with two attached hydrogens (primary N) is 1. The third-order valence-electron chi connectivity index (χ3n) is 3.48. The lowest BCUT2D eigenvalue weighted by Crippen LogP contribution is -2.33. The Morgan fingerprint density at radius 2 is 2.15 bits per heavy atom. The van der Waals surface area contributed by atoms with Gasteiger partial charge >= 0.3 is 0 Å². The van der Waals surface area contributed by atoms with Crippen molar-refractivity contribution >= 4 is 29.0 Å². The highest BCUT2D eigenvalue weighted by molar-refractivity contribution is 8.18. The van der Waals surface area contributed by atoms with Crippen molar-refractivity contribution in [1.29, 1.82) is 0 Å². The standard InChI is InChI=1S/C15H16N2O2S/c16-6-7-17-14(18)13(20-15(17)19)9-10-2-1-3-12(8-10)11-4-5-11/h1-3,8-9,11H,4-7,16H2/b13-9+. The normalized spacial score (nSPS) is 21.1. The maximum Gasteiger partial charge on any atom is 0.293 e. The number of nitrogens with zero attached hydrogens (tertiary/aromatic N) is 1. The molecule has 3 rings (SSSR count). The van der Waals surface area contributed by atoms with Gasteiger partial charge in [-0.15, -0.1) is 0 Å². The molecule has 1 aliphatic heterocycles. The van der Waals surface area contributed by atoms with E-state index in [1.165, 1.54) is 23.3 Å². The SMILES string of the molecule is NCCN1C(=O)S/C(=C/c2cccc(C3CC3)c2)C1=O. The van der Waals surface area contributed by atoms with Crippen LogP contribution in [0.25, 0.3) is 6.08 Å². The predicted octanol–water partition coefficient (Wildman–Crippen LogP) is 2.56. The summed E-state index contributed by atoms with van der Waals surface area (Å²) in [6.45, 7) is 0.576. The predicted molar refractivity (Wildman–Crippen MR) is 80.1 cm³/mol. The van der Waals surface area contributed by atoms with Gasteiger partial charge in [-0.05, 0) is 47.7 Å². The molecule has 1 aromatic rings. The Morgan fingerprint density at radius 3 is 2.85 bits per heavy atom. The van der Waals surface area contributed by atoms with E-state index in [0.29, 0.717) is 17.4 Å². The second-order valence-electron chi connectivity index (χ2n) is 5.07. The number of rotatable bonds is 4. The second kappa shape index (κ2) is 5.42. The van der Waals surface area contributed by atoms with Gasteiger partial charge in [-0.3, -0.25) is 14.5 Å². The van der Waals surface area contributed by atoms with Gasteiger partial charge in [-0.25, -0.2) is 0 Å². The Kier molecular flexibility index (Phi) is 3.63. The molecule has 1 aromatic carbocycles. The van der Waals surface area contributed by atoms with Crippen LogP contribution in [0.1, 0.15) is 29.9 Å². The molecule has 0 atom stereocenters. The van der Waals surface area contributed by atoms with Crippen molar-refractivity contribution in [1.82, 2.24) is 4.90 Å². The van der Waals surface area contributed by atoms with Gasteiger partial charge in [0.05, 0.1) is 4.91 Å². The Bertz CT molecular complexity index is 593. The Morgan fingerprint density at radius 1 is 1.35 bits per heavy atom. The third-order valence-corrected chi connectivity index (χ3v) is 4.39. The van der Waals surface area contributed by atoms with E-state index in [4.69, 9.17) is 5.73 Å². The molecule has 4 nitrogen and oxygen atoms in total. The minimum absolute atomic E-state index is 0.231. The van der Waals surface area contributed by atoms with Gasteiger partial charge in [0.1, 0.15) is 0 Å². The highest BCUT2D eigenvalue weighted by Gasteiger charge is 2.34. The summed E-state index contributed by atoms with van der Waals surface area (Å²) in [6.07, 6.45) is 4.29. The molecule has 1 aliphatic carbocycles. The fourth-order valence-corrected chi connectivity index (χ4v) is 3.16. The smallest absolute Gasteiger partial charge is 0.293 e. The van der Waals surface area contributed by atoms with Crippen LogP contribution in [-0.4, -0.2) is 29.1 Å². The highest BCUT2D eigenvalue weighted by Crippen LogP contribution is 2.40. The third kappa shape index (κ3) is 2.64. The van der Waals surface area contributed by atoms with Crippen LogP contribution in [0.4, 0.5) is 4.79 Å². The van der Waals surface area contributed by atoms with Crippen LogP contribution in [0.3, 0.4) is 0 Å². The summed E-state index contributed by atoms with van der Waals surface area (Å²) in [5, 5.41) is -0.231. The van der Waals surface area contributed by atoms with Crippen LogP contribution in [-0.2, 0) is 4.79 Å². The van der Waals surface area contributed by atoms with Crippen molar-refractivity contribution < 1.29 is 9.59 Å². The molecule has 0 unspecified atom stereocenters. The van der Waals surface area contributed by atoms with E-state index in [1.807, 2.05) is 12.1 Å². The first kappa shape index (κ1) is 13.4. The number of benzene rings is 1. The molecule has 1 saturated carbocycles. The fraction of sp³-hybridized carbons (Fsp3) is 0.333. The van der Waals surface area contributed by atoms with E-state index in [2.05, 4.69) is 12.1 Å². The first-order valence-electron chi connectivity index (χ1n) is 6.74. The van der Waals surface area contributed by atoms with Gasteiger partial charge in [0, 0.05) is 13.1 Å². The van der Waals surface area contributed by atoms with Gasteiger partial charge in [0.25, 0.3) is 11.1 Å². The van der Waals surface area contributed by atoms with Crippen LogP contribution < -0.4 is 5.73 Å². The fourth-order valence-electron chi connectivity index (χ4n) is 2.29. The molecule has 20 heavy (non-hydrogen) atoms. The van der Waals surface area contributed by atoms with E-state index in [-0.39, 0.29) is 17.7 Å². The molecule has 0 bridgehead atoms. The minimum atomic E-state index is -0.234. The maximum atomic E-state index is 12.1. The van der Waals surface area contributed by atoms with Crippen molar-refractivity contribution in [2.45, 2.75) is 18.8 Å². The average molecular weight is 288 g/mol. The molecule has 2 aliphatic rings. The Balaban J connectivity index is 1.83. The van der Waals surface area contributed by atoms with Crippen LogP contribution in [0.5, 0.6) is 0 Å². The molecular formula is C15H16N2O2S. The number of hydrogen-bond acceptors (Lipinski definition) is 4. The van der Waals surface area contributed by atoms with E-state index >= 15 is 0 Å². The zero-order valence-corrected chi connectivity index (χ0v) is 11.9. The maximum absolute atomic E-state index is 12.1. The summed E-state index contributed by atoms with van der Waals surface area (Å²) in [5.74, 6) is 0.443. The van der Waals surface area contributed by atoms with Crippen LogP contribution >= 0.6 is 11.8 Å². The topological polar surface area (TPSA) is 63.4 Å². The number of carbonyl (C=O) groups is 2. The molecule has 5 heteroatoms. The first-order chi connectivity index (χ1) is 9.69. The zero-order valence-electron chi connectivity index (χ0n) is 11.0. The molecule has 2 N–H and O–H groups in total. The lowest BCUT2D eigenvalue weighted by atomic mass is 10.1. The summed E-state index contributed by atoms with van der Waals surface area (Å²) < 4.78 is 0. The van der Waals surface area contributed by atoms with Gasteiger partial charge < -0.3 is 5.73 Å². The van der Waals surface area contributed by atoms with Crippen molar-refractivity contribution in [3.8, 4) is 0 Å². The Labute approximate surface area is 122 Å². The summed E-state index contributed by atoms with van der Waals surface area (Å²) in [7, 11) is 0. The minimum Gasteiger partial charge on any atom is -0.329 e. The molecule has 104 valence electrons.